The lowest BCUT2D eigenvalue weighted by atomic mass is 9.88. The van der Waals surface area contributed by atoms with Crippen LogP contribution in [0.4, 0.5) is 0 Å². The number of fused-ring (bicyclic) bond motifs is 2. The first kappa shape index (κ1) is 21.9. The van der Waals surface area contributed by atoms with E-state index in [2.05, 4.69) is 32.9 Å². The molecule has 33 heavy (non-hydrogen) atoms. The van der Waals surface area contributed by atoms with Gasteiger partial charge in [0.05, 0.1) is 33.1 Å². The molecular weight excluding hydrogens is 430 g/mol. The van der Waals surface area contributed by atoms with Crippen molar-refractivity contribution in [2.75, 3.05) is 0 Å². The second-order valence-electron chi connectivity index (χ2n) is 9.22. The van der Waals surface area contributed by atoms with Gasteiger partial charge in [0.15, 0.2) is 0 Å². The van der Waals surface area contributed by atoms with E-state index in [0.29, 0.717) is 17.1 Å². The van der Waals surface area contributed by atoms with Crippen molar-refractivity contribution in [2.24, 2.45) is 5.92 Å². The molecule has 2 atom stereocenters. The van der Waals surface area contributed by atoms with Gasteiger partial charge >= 0.3 is 5.97 Å². The number of rotatable bonds is 5. The van der Waals surface area contributed by atoms with Crippen LogP contribution < -0.4 is 4.74 Å². The fourth-order valence-electron chi connectivity index (χ4n) is 5.12. The third kappa shape index (κ3) is 3.99. The number of thiophene rings is 1. The predicted octanol–water partition coefficient (Wildman–Crippen LogP) is 7.64. The lowest BCUT2D eigenvalue weighted by Crippen LogP contribution is -2.24. The Hall–Kier alpha value is -2.92. The fourth-order valence-corrected chi connectivity index (χ4v) is 6.29. The maximum atomic E-state index is 12.5. The van der Waals surface area contributed by atoms with Crippen LogP contribution in [0, 0.1) is 12.8 Å². The van der Waals surface area contributed by atoms with Crippen molar-refractivity contribution >= 4 is 38.3 Å². The molecule has 0 amide bonds. The van der Waals surface area contributed by atoms with Gasteiger partial charge < -0.3 is 9.84 Å². The molecule has 2 aromatic heterocycles. The monoisotopic (exact) mass is 459 g/mol. The Morgan fingerprint density at radius 3 is 2.76 bits per heavy atom. The summed E-state index contributed by atoms with van der Waals surface area (Å²) in [7, 11) is 0. The number of carbonyl (C=O) groups is 1. The molecule has 0 bridgehead atoms. The number of hydrogen-bond donors (Lipinski definition) is 1. The molecule has 0 radical (unpaired) electrons. The number of carboxylic acids is 1. The molecule has 0 aliphatic heterocycles. The predicted molar refractivity (Wildman–Crippen MR) is 136 cm³/mol. The minimum Gasteiger partial charge on any atom is -0.490 e. The molecular formula is C28H29NO3S. The van der Waals surface area contributed by atoms with E-state index >= 15 is 0 Å². The summed E-state index contributed by atoms with van der Waals surface area (Å²) in [6.45, 7) is 6.43. The third-order valence-corrected chi connectivity index (χ3v) is 8.17. The number of nitrogens with zero attached hydrogens (tertiary/aromatic N) is 1. The number of pyridine rings is 1. The fraction of sp³-hybridized carbons (Fsp3) is 0.357. The van der Waals surface area contributed by atoms with Gasteiger partial charge in [-0.15, -0.1) is 11.3 Å². The largest absolute Gasteiger partial charge is 0.490 e. The minimum absolute atomic E-state index is 0.121. The maximum absolute atomic E-state index is 12.5. The van der Waals surface area contributed by atoms with E-state index < -0.39 is 5.97 Å². The number of benzene rings is 2. The Morgan fingerprint density at radius 1 is 1.21 bits per heavy atom. The Labute approximate surface area is 198 Å². The quantitative estimate of drug-likeness (QED) is 0.333. The van der Waals surface area contributed by atoms with Crippen molar-refractivity contribution in [2.45, 2.75) is 59.0 Å². The molecule has 4 nitrogen and oxygen atoms in total. The molecule has 0 unspecified atom stereocenters. The molecule has 4 aromatic rings. The van der Waals surface area contributed by atoms with Crippen LogP contribution in [-0.2, 0) is 6.42 Å². The summed E-state index contributed by atoms with van der Waals surface area (Å²) in [6.07, 6.45) is 5.29. The summed E-state index contributed by atoms with van der Waals surface area (Å²) in [5, 5.41) is 12.0. The summed E-state index contributed by atoms with van der Waals surface area (Å²) in [6, 6.07) is 14.0. The molecule has 2 aromatic carbocycles. The summed E-state index contributed by atoms with van der Waals surface area (Å²) < 4.78 is 7.63. The van der Waals surface area contributed by atoms with Gasteiger partial charge in [0.25, 0.3) is 0 Å². The summed E-state index contributed by atoms with van der Waals surface area (Å²) in [4.78, 5) is 18.5. The maximum Gasteiger partial charge on any atom is 0.336 e. The highest BCUT2D eigenvalue weighted by Gasteiger charge is 2.25. The van der Waals surface area contributed by atoms with E-state index in [4.69, 9.17) is 9.72 Å². The SMILES string of the molecule is CCc1ccc(O[C@@H]2CCC[C@H](C)C2)c2c(C(=O)O)cc(-c3sc4ccccc4c3C)nc12. The van der Waals surface area contributed by atoms with Crippen LogP contribution in [0.5, 0.6) is 5.75 Å². The van der Waals surface area contributed by atoms with E-state index in [0.717, 1.165) is 52.9 Å². The Balaban J connectivity index is 1.71. The number of aromatic nitrogens is 1. The zero-order valence-electron chi connectivity index (χ0n) is 19.4. The molecule has 1 aliphatic rings. The van der Waals surface area contributed by atoms with Crippen molar-refractivity contribution in [1.29, 1.82) is 0 Å². The lowest BCUT2D eigenvalue weighted by Gasteiger charge is -2.28. The normalized spacial score (nSPS) is 18.6. The number of aryl methyl sites for hydroxylation is 2. The second-order valence-corrected chi connectivity index (χ2v) is 10.3. The molecule has 1 aliphatic carbocycles. The topological polar surface area (TPSA) is 59.4 Å². The molecule has 0 saturated heterocycles. The van der Waals surface area contributed by atoms with E-state index in [1.54, 1.807) is 17.4 Å². The average Bonchev–Trinajstić information content (AvgIpc) is 3.15. The molecule has 5 heteroatoms. The smallest absolute Gasteiger partial charge is 0.336 e. The van der Waals surface area contributed by atoms with E-state index in [9.17, 15) is 9.90 Å². The molecule has 1 N–H and O–H groups in total. The Bertz CT molecular complexity index is 1360. The highest BCUT2D eigenvalue weighted by atomic mass is 32.1. The van der Waals surface area contributed by atoms with E-state index in [1.807, 2.05) is 24.3 Å². The number of hydrogen-bond acceptors (Lipinski definition) is 4. The third-order valence-electron chi connectivity index (χ3n) is 6.88. The molecule has 1 saturated carbocycles. The van der Waals surface area contributed by atoms with Gasteiger partial charge in [0, 0.05) is 4.70 Å². The number of aromatic carboxylic acids is 1. The first-order valence-corrected chi connectivity index (χ1v) is 12.6. The second kappa shape index (κ2) is 8.79. The first-order valence-electron chi connectivity index (χ1n) is 11.8. The van der Waals surface area contributed by atoms with Gasteiger partial charge in [-0.2, -0.15) is 0 Å². The van der Waals surface area contributed by atoms with Crippen molar-refractivity contribution in [3.8, 4) is 16.3 Å². The van der Waals surface area contributed by atoms with Crippen LogP contribution in [0.2, 0.25) is 0 Å². The van der Waals surface area contributed by atoms with Gasteiger partial charge in [0.2, 0.25) is 0 Å². The van der Waals surface area contributed by atoms with E-state index in [-0.39, 0.29) is 11.7 Å². The van der Waals surface area contributed by atoms with Gasteiger partial charge in [-0.1, -0.05) is 44.5 Å². The molecule has 0 spiro atoms. The van der Waals surface area contributed by atoms with Crippen molar-refractivity contribution < 1.29 is 14.6 Å². The first-order chi connectivity index (χ1) is 16.0. The van der Waals surface area contributed by atoms with Crippen LogP contribution in [0.15, 0.2) is 42.5 Å². The van der Waals surface area contributed by atoms with E-state index in [1.165, 1.54) is 16.5 Å². The van der Waals surface area contributed by atoms with Crippen molar-refractivity contribution in [3.05, 3.63) is 59.2 Å². The van der Waals surface area contributed by atoms with Gasteiger partial charge in [-0.05, 0) is 73.2 Å². The van der Waals surface area contributed by atoms with Crippen LogP contribution in [0.1, 0.15) is 61.0 Å². The highest BCUT2D eigenvalue weighted by molar-refractivity contribution is 7.22. The van der Waals surface area contributed by atoms with Gasteiger partial charge in [-0.3, -0.25) is 0 Å². The standard InChI is InChI=1S/C28H29NO3S/c1-4-18-12-13-23(32-19-9-7-8-16(2)14-19)25-21(28(30)31)15-22(29-26(18)25)27-17(3)20-10-5-6-11-24(20)33-27/h5-6,10-13,15-16,19H,4,7-9,14H2,1-3H3,(H,30,31)/t16-,19+/m0/s1. The Morgan fingerprint density at radius 2 is 2.03 bits per heavy atom. The molecule has 170 valence electrons. The number of ether oxygens (including phenoxy) is 1. The summed E-state index contributed by atoms with van der Waals surface area (Å²) in [5.74, 6) is 0.327. The van der Waals surface area contributed by atoms with Crippen molar-refractivity contribution in [3.63, 3.8) is 0 Å². The van der Waals surface area contributed by atoms with Gasteiger partial charge in [-0.25, -0.2) is 9.78 Å². The Kier molecular flexibility index (Phi) is 5.83. The van der Waals surface area contributed by atoms with Crippen LogP contribution in [-0.4, -0.2) is 22.2 Å². The highest BCUT2D eigenvalue weighted by Crippen LogP contribution is 2.41. The molecule has 5 rings (SSSR count). The zero-order chi connectivity index (χ0) is 23.1. The number of carboxylic acid groups (broad SMARTS) is 1. The van der Waals surface area contributed by atoms with Gasteiger partial charge in [0.1, 0.15) is 5.75 Å². The van der Waals surface area contributed by atoms with Crippen molar-refractivity contribution in [1.82, 2.24) is 4.98 Å². The lowest BCUT2D eigenvalue weighted by molar-refractivity contribution is 0.0698. The van der Waals surface area contributed by atoms with Crippen LogP contribution in [0.25, 0.3) is 31.6 Å². The molecule has 2 heterocycles. The zero-order valence-corrected chi connectivity index (χ0v) is 20.2. The van der Waals surface area contributed by atoms with Crippen LogP contribution >= 0.6 is 11.3 Å². The summed E-state index contributed by atoms with van der Waals surface area (Å²) in [5.41, 5.74) is 3.90. The molecule has 1 fully saturated rings. The summed E-state index contributed by atoms with van der Waals surface area (Å²) >= 11 is 1.67. The average molecular weight is 460 g/mol. The van der Waals surface area contributed by atoms with Crippen LogP contribution in [0.3, 0.4) is 0 Å². The minimum atomic E-state index is -0.947.